The zero-order chi connectivity index (χ0) is 19.1. The minimum Gasteiger partial charge on any atom is -0.392 e. The van der Waals surface area contributed by atoms with Crippen molar-refractivity contribution in [2.45, 2.75) is 19.4 Å². The molecule has 0 amide bonds. The van der Waals surface area contributed by atoms with Gasteiger partial charge in [-0.15, -0.1) is 23.7 Å². The molecule has 4 rings (SSSR count). The number of fused-ring (bicyclic) bond motifs is 3. The molecule has 0 bridgehead atoms. The van der Waals surface area contributed by atoms with Gasteiger partial charge in [0, 0.05) is 10.8 Å². The van der Waals surface area contributed by atoms with Crippen LogP contribution in [0.3, 0.4) is 0 Å². The summed E-state index contributed by atoms with van der Waals surface area (Å²) in [5.74, 6) is 0.276. The van der Waals surface area contributed by atoms with Gasteiger partial charge in [-0.3, -0.25) is 4.79 Å². The number of benzene rings is 2. The van der Waals surface area contributed by atoms with Gasteiger partial charge in [0.15, 0.2) is 0 Å². The Morgan fingerprint density at radius 1 is 1.25 bits per heavy atom. The number of H-pyrrole nitrogens is 1. The van der Waals surface area contributed by atoms with Crippen molar-refractivity contribution in [3.8, 4) is 11.1 Å². The van der Waals surface area contributed by atoms with E-state index < -0.39 is 0 Å². The fraction of sp³-hybridized carbons (Fsp3) is 0.190. The summed E-state index contributed by atoms with van der Waals surface area (Å²) in [6.07, 6.45) is 0. The molecule has 4 N–H and O–H groups in total. The Morgan fingerprint density at radius 2 is 1.96 bits per heavy atom. The summed E-state index contributed by atoms with van der Waals surface area (Å²) in [4.78, 5) is 15.3. The number of aliphatic hydroxyl groups excluding tert-OH is 1. The predicted octanol–water partition coefficient (Wildman–Crippen LogP) is 5.04. The highest BCUT2D eigenvalue weighted by Gasteiger charge is 2.18. The lowest BCUT2D eigenvalue weighted by Gasteiger charge is -2.16. The molecule has 4 nitrogen and oxygen atoms in total. The van der Waals surface area contributed by atoms with Gasteiger partial charge in [0.1, 0.15) is 4.70 Å². The van der Waals surface area contributed by atoms with Crippen LogP contribution in [-0.4, -0.2) is 16.6 Å². The van der Waals surface area contributed by atoms with Gasteiger partial charge in [0.2, 0.25) is 0 Å². The monoisotopic (exact) mass is 434 g/mol. The van der Waals surface area contributed by atoms with Crippen LogP contribution in [0.5, 0.6) is 0 Å². The van der Waals surface area contributed by atoms with Gasteiger partial charge in [-0.05, 0) is 52.2 Å². The second-order valence-corrected chi connectivity index (χ2v) is 8.00. The lowest BCUT2D eigenvalue weighted by atomic mass is 9.91. The van der Waals surface area contributed by atoms with Crippen LogP contribution in [0.15, 0.2) is 46.6 Å². The number of rotatable bonds is 4. The highest BCUT2D eigenvalue weighted by Crippen LogP contribution is 2.40. The molecule has 28 heavy (non-hydrogen) atoms. The van der Waals surface area contributed by atoms with E-state index in [1.54, 1.807) is 6.07 Å². The molecule has 146 valence electrons. The maximum absolute atomic E-state index is 12.4. The summed E-state index contributed by atoms with van der Waals surface area (Å²) in [7, 11) is 0. The Balaban J connectivity index is 0.00000225. The SMILES string of the molecule is C[C@@H](CN)c1ccc(-c2c(CO)cc(Cl)c3[nH]c(=O)c4sccc4c23)cc1.Cl. The third-order valence-electron chi connectivity index (χ3n) is 5.03. The first-order chi connectivity index (χ1) is 13.0. The molecular formula is C21H20Cl2N2O2S. The Kier molecular flexibility index (Phi) is 6.12. The van der Waals surface area contributed by atoms with E-state index in [1.165, 1.54) is 16.9 Å². The molecule has 0 radical (unpaired) electrons. The number of aromatic nitrogens is 1. The first-order valence-corrected chi connectivity index (χ1v) is 9.96. The molecule has 2 heterocycles. The number of nitrogens with one attached hydrogen (secondary N) is 1. The highest BCUT2D eigenvalue weighted by molar-refractivity contribution is 7.17. The van der Waals surface area contributed by atoms with E-state index in [2.05, 4.69) is 24.0 Å². The number of hydrogen-bond acceptors (Lipinski definition) is 4. The lowest BCUT2D eigenvalue weighted by Crippen LogP contribution is -2.08. The Morgan fingerprint density at radius 3 is 2.61 bits per heavy atom. The van der Waals surface area contributed by atoms with Crippen molar-refractivity contribution in [1.29, 1.82) is 0 Å². The number of thiophene rings is 1. The topological polar surface area (TPSA) is 79.1 Å². The summed E-state index contributed by atoms with van der Waals surface area (Å²) in [5, 5.41) is 14.0. The van der Waals surface area contributed by atoms with Crippen LogP contribution in [0.25, 0.3) is 32.1 Å². The summed E-state index contributed by atoms with van der Waals surface area (Å²) in [6, 6.07) is 11.8. The predicted molar refractivity (Wildman–Crippen MR) is 121 cm³/mol. The van der Waals surface area contributed by atoms with Gasteiger partial charge in [0.25, 0.3) is 5.56 Å². The van der Waals surface area contributed by atoms with Gasteiger partial charge in [0.05, 0.1) is 17.1 Å². The van der Waals surface area contributed by atoms with Gasteiger partial charge >= 0.3 is 0 Å². The van der Waals surface area contributed by atoms with Crippen LogP contribution in [-0.2, 0) is 6.61 Å². The molecule has 0 saturated heterocycles. The fourth-order valence-corrected chi connectivity index (χ4v) is 4.58. The lowest BCUT2D eigenvalue weighted by molar-refractivity contribution is 0.282. The second kappa shape index (κ2) is 8.23. The first kappa shape index (κ1) is 20.8. The largest absolute Gasteiger partial charge is 0.392 e. The number of pyridine rings is 1. The average molecular weight is 435 g/mol. The third-order valence-corrected chi connectivity index (χ3v) is 6.24. The Hall–Kier alpha value is -1.89. The maximum atomic E-state index is 12.4. The fourth-order valence-electron chi connectivity index (χ4n) is 3.51. The van der Waals surface area contributed by atoms with Crippen molar-refractivity contribution in [2.75, 3.05) is 6.54 Å². The van der Waals surface area contributed by atoms with Crippen LogP contribution in [0.4, 0.5) is 0 Å². The molecule has 0 aliphatic heterocycles. The number of halogens is 2. The summed E-state index contributed by atoms with van der Waals surface area (Å²) >= 11 is 7.83. The number of nitrogens with two attached hydrogens (primary N) is 1. The smallest absolute Gasteiger partial charge is 0.266 e. The number of aromatic amines is 1. The summed E-state index contributed by atoms with van der Waals surface area (Å²) in [6.45, 7) is 2.53. The zero-order valence-electron chi connectivity index (χ0n) is 15.2. The van der Waals surface area contributed by atoms with Crippen LogP contribution >= 0.6 is 35.3 Å². The molecule has 0 fully saturated rings. The molecule has 0 spiro atoms. The number of aliphatic hydroxyl groups is 1. The first-order valence-electron chi connectivity index (χ1n) is 8.71. The Bertz CT molecular complexity index is 1200. The average Bonchev–Trinajstić information content (AvgIpc) is 3.18. The second-order valence-electron chi connectivity index (χ2n) is 6.68. The molecular weight excluding hydrogens is 415 g/mol. The van der Waals surface area contributed by atoms with Crippen LogP contribution < -0.4 is 11.3 Å². The molecule has 0 aliphatic rings. The third kappa shape index (κ3) is 3.34. The van der Waals surface area contributed by atoms with Crippen molar-refractivity contribution in [3.63, 3.8) is 0 Å². The minimum absolute atomic E-state index is 0. The molecule has 2 aromatic carbocycles. The van der Waals surface area contributed by atoms with Crippen LogP contribution in [0.2, 0.25) is 5.02 Å². The van der Waals surface area contributed by atoms with Crippen molar-refractivity contribution >= 4 is 56.3 Å². The van der Waals surface area contributed by atoms with Crippen LogP contribution in [0, 0.1) is 0 Å². The van der Waals surface area contributed by atoms with Gasteiger partial charge in [-0.2, -0.15) is 0 Å². The van der Waals surface area contributed by atoms with Crippen molar-refractivity contribution in [1.82, 2.24) is 4.98 Å². The summed E-state index contributed by atoms with van der Waals surface area (Å²) in [5.41, 5.74) is 9.97. The van der Waals surface area contributed by atoms with E-state index in [1.807, 2.05) is 23.6 Å². The van der Waals surface area contributed by atoms with Gasteiger partial charge in [-0.1, -0.05) is 42.8 Å². The molecule has 0 saturated carbocycles. The molecule has 0 unspecified atom stereocenters. The molecule has 0 aliphatic carbocycles. The zero-order valence-corrected chi connectivity index (χ0v) is 17.5. The van der Waals surface area contributed by atoms with Crippen molar-refractivity contribution in [2.24, 2.45) is 5.73 Å². The van der Waals surface area contributed by atoms with E-state index in [4.69, 9.17) is 17.3 Å². The van der Waals surface area contributed by atoms with Gasteiger partial charge in [-0.25, -0.2) is 0 Å². The van der Waals surface area contributed by atoms with E-state index in [9.17, 15) is 9.90 Å². The Labute approximate surface area is 177 Å². The van der Waals surface area contributed by atoms with Crippen LogP contribution in [0.1, 0.15) is 24.0 Å². The van der Waals surface area contributed by atoms with E-state index >= 15 is 0 Å². The maximum Gasteiger partial charge on any atom is 0.266 e. The minimum atomic E-state index is -0.149. The normalized spacial score (nSPS) is 12.3. The standard InChI is InChI=1S/C21H19ClN2O2S.ClH/c1-11(9-23)12-2-4-13(5-3-12)17-14(10-25)8-16(22)19-18(17)15-6-7-27-20(15)21(26)24-19;/h2-8,11,25H,9-10,23H2,1H3,(H,24,26);1H/t11-;/m0./s1. The van der Waals surface area contributed by atoms with Crippen molar-refractivity contribution < 1.29 is 5.11 Å². The molecule has 1 atom stereocenters. The summed E-state index contributed by atoms with van der Waals surface area (Å²) < 4.78 is 0.656. The quantitative estimate of drug-likeness (QED) is 0.420. The molecule has 7 heteroatoms. The van der Waals surface area contributed by atoms with E-state index in [0.29, 0.717) is 21.8 Å². The van der Waals surface area contributed by atoms with E-state index in [-0.39, 0.29) is 30.5 Å². The van der Waals surface area contributed by atoms with Gasteiger partial charge < -0.3 is 15.8 Å². The van der Waals surface area contributed by atoms with E-state index in [0.717, 1.165) is 27.5 Å². The van der Waals surface area contributed by atoms with Crippen molar-refractivity contribution in [3.05, 3.63) is 68.3 Å². The number of hydrogen-bond donors (Lipinski definition) is 3. The molecule has 4 aromatic rings. The molecule has 2 aromatic heterocycles. The highest BCUT2D eigenvalue weighted by atomic mass is 35.5.